The number of carboxylic acid groups (broad SMARTS) is 1. The van der Waals surface area contributed by atoms with Crippen LogP contribution in [0.2, 0.25) is 0 Å². The Balaban J connectivity index is 1.67. The van der Waals surface area contributed by atoms with Crippen molar-refractivity contribution in [1.82, 2.24) is 9.80 Å². The van der Waals surface area contributed by atoms with Crippen LogP contribution in [0.3, 0.4) is 0 Å². The Bertz CT molecular complexity index is 681. The molecule has 2 unspecified atom stereocenters. The Kier molecular flexibility index (Phi) is 4.79. The van der Waals surface area contributed by atoms with Crippen molar-refractivity contribution in [2.75, 3.05) is 6.54 Å². The summed E-state index contributed by atoms with van der Waals surface area (Å²) in [5.74, 6) is -1.68. The smallest absolute Gasteiger partial charge is 0.326 e. The number of carbonyl (C=O) groups is 3. The van der Waals surface area contributed by atoms with Crippen LogP contribution in [-0.2, 0) is 20.9 Å². The van der Waals surface area contributed by atoms with Crippen LogP contribution < -0.4 is 0 Å². The van der Waals surface area contributed by atoms with Gasteiger partial charge in [-0.25, -0.2) is 4.79 Å². The molecule has 25 heavy (non-hydrogen) atoms. The molecule has 2 amide bonds. The minimum atomic E-state index is -0.999. The Morgan fingerprint density at radius 1 is 1.28 bits per heavy atom. The molecule has 1 N–H and O–H groups in total. The lowest BCUT2D eigenvalue weighted by atomic mass is 10.1. The van der Waals surface area contributed by atoms with Gasteiger partial charge in [-0.05, 0) is 32.3 Å². The van der Waals surface area contributed by atoms with Gasteiger partial charge in [-0.15, -0.1) is 0 Å². The SMILES string of the molecule is Cc1ccc(CN2CC(C(=O)N(C3CC3)C(C)C(=O)O)CC2=O)cc1. The van der Waals surface area contributed by atoms with E-state index in [9.17, 15) is 19.5 Å². The molecule has 0 spiro atoms. The predicted octanol–water partition coefficient (Wildman–Crippen LogP) is 1.81. The second-order valence-corrected chi connectivity index (χ2v) is 7.15. The van der Waals surface area contributed by atoms with E-state index in [-0.39, 0.29) is 24.3 Å². The molecule has 6 heteroatoms. The topological polar surface area (TPSA) is 77.9 Å². The fourth-order valence-corrected chi connectivity index (χ4v) is 3.37. The van der Waals surface area contributed by atoms with Gasteiger partial charge in [0.15, 0.2) is 0 Å². The highest BCUT2D eigenvalue weighted by Gasteiger charge is 2.44. The molecule has 3 rings (SSSR count). The van der Waals surface area contributed by atoms with E-state index < -0.39 is 17.9 Å². The molecule has 6 nitrogen and oxygen atoms in total. The summed E-state index contributed by atoms with van der Waals surface area (Å²) < 4.78 is 0. The predicted molar refractivity (Wildman–Crippen MR) is 91.7 cm³/mol. The maximum absolute atomic E-state index is 12.8. The third-order valence-corrected chi connectivity index (χ3v) is 5.03. The second-order valence-electron chi connectivity index (χ2n) is 7.15. The van der Waals surface area contributed by atoms with Crippen LogP contribution in [0.4, 0.5) is 0 Å². The van der Waals surface area contributed by atoms with Crippen LogP contribution in [0.25, 0.3) is 0 Å². The van der Waals surface area contributed by atoms with Crippen LogP contribution in [0, 0.1) is 12.8 Å². The van der Waals surface area contributed by atoms with Gasteiger partial charge in [0.1, 0.15) is 6.04 Å². The van der Waals surface area contributed by atoms with E-state index >= 15 is 0 Å². The average molecular weight is 344 g/mol. The molecule has 1 heterocycles. The number of aliphatic carboxylic acids is 1. The molecule has 2 aliphatic rings. The third kappa shape index (κ3) is 3.83. The summed E-state index contributed by atoms with van der Waals surface area (Å²) in [6, 6.07) is 7.15. The van der Waals surface area contributed by atoms with Gasteiger partial charge in [0, 0.05) is 25.6 Å². The van der Waals surface area contributed by atoms with Crippen LogP contribution in [0.1, 0.15) is 37.3 Å². The lowest BCUT2D eigenvalue weighted by Gasteiger charge is -2.29. The van der Waals surface area contributed by atoms with Gasteiger partial charge in [0.05, 0.1) is 5.92 Å². The molecule has 0 radical (unpaired) electrons. The highest BCUT2D eigenvalue weighted by atomic mass is 16.4. The van der Waals surface area contributed by atoms with Gasteiger partial charge < -0.3 is 14.9 Å². The summed E-state index contributed by atoms with van der Waals surface area (Å²) in [4.78, 5) is 39.7. The Morgan fingerprint density at radius 3 is 2.48 bits per heavy atom. The standard InChI is InChI=1S/C19H24N2O4/c1-12-3-5-14(6-4-12)10-20-11-15(9-17(20)22)18(23)21(16-7-8-16)13(2)19(24)25/h3-6,13,15-16H,7-11H2,1-2H3,(H,24,25). The zero-order chi connectivity index (χ0) is 18.1. The van der Waals surface area contributed by atoms with Crippen molar-refractivity contribution in [3.63, 3.8) is 0 Å². The number of amides is 2. The molecule has 0 bridgehead atoms. The molecule has 2 atom stereocenters. The first-order chi connectivity index (χ1) is 11.9. The van der Waals surface area contributed by atoms with Gasteiger partial charge in [0.2, 0.25) is 11.8 Å². The molecule has 0 aromatic heterocycles. The highest BCUT2D eigenvalue weighted by molar-refractivity contribution is 5.91. The summed E-state index contributed by atoms with van der Waals surface area (Å²) in [6.07, 6.45) is 1.86. The van der Waals surface area contributed by atoms with Crippen molar-refractivity contribution >= 4 is 17.8 Å². The number of likely N-dealkylation sites (tertiary alicyclic amines) is 1. The number of benzene rings is 1. The summed E-state index contributed by atoms with van der Waals surface area (Å²) in [6.45, 7) is 4.40. The normalized spacial score (nSPS) is 21.3. The van der Waals surface area contributed by atoms with Crippen LogP contribution in [0.15, 0.2) is 24.3 Å². The Hall–Kier alpha value is -2.37. The van der Waals surface area contributed by atoms with Crippen molar-refractivity contribution < 1.29 is 19.5 Å². The highest BCUT2D eigenvalue weighted by Crippen LogP contribution is 2.32. The van der Waals surface area contributed by atoms with Crippen molar-refractivity contribution in [2.24, 2.45) is 5.92 Å². The first kappa shape index (κ1) is 17.5. The number of nitrogens with zero attached hydrogens (tertiary/aromatic N) is 2. The third-order valence-electron chi connectivity index (χ3n) is 5.03. The fourth-order valence-electron chi connectivity index (χ4n) is 3.37. The monoisotopic (exact) mass is 344 g/mol. The van der Waals surface area contributed by atoms with E-state index in [0.717, 1.165) is 24.0 Å². The molecule has 1 aliphatic carbocycles. The molecular formula is C19H24N2O4. The maximum Gasteiger partial charge on any atom is 0.326 e. The molecule has 2 fully saturated rings. The fraction of sp³-hybridized carbons (Fsp3) is 0.526. The Labute approximate surface area is 147 Å². The summed E-state index contributed by atoms with van der Waals surface area (Å²) in [5, 5.41) is 9.27. The van der Waals surface area contributed by atoms with Gasteiger partial charge >= 0.3 is 5.97 Å². The lowest BCUT2D eigenvalue weighted by molar-refractivity contribution is -0.151. The van der Waals surface area contributed by atoms with Crippen molar-refractivity contribution in [3.8, 4) is 0 Å². The molecule has 1 saturated heterocycles. The van der Waals surface area contributed by atoms with E-state index in [1.807, 2.05) is 31.2 Å². The number of rotatable bonds is 6. The van der Waals surface area contributed by atoms with E-state index in [0.29, 0.717) is 13.1 Å². The summed E-state index contributed by atoms with van der Waals surface area (Å²) >= 11 is 0. The molecule has 1 aromatic carbocycles. The van der Waals surface area contributed by atoms with E-state index in [1.165, 1.54) is 4.90 Å². The summed E-state index contributed by atoms with van der Waals surface area (Å²) in [5.41, 5.74) is 2.19. The lowest BCUT2D eigenvalue weighted by Crippen LogP contribution is -2.47. The molecule has 1 saturated carbocycles. The molecule has 134 valence electrons. The maximum atomic E-state index is 12.8. The minimum Gasteiger partial charge on any atom is -0.480 e. The second kappa shape index (κ2) is 6.86. The number of hydrogen-bond donors (Lipinski definition) is 1. The minimum absolute atomic E-state index is 0.0138. The number of hydrogen-bond acceptors (Lipinski definition) is 3. The van der Waals surface area contributed by atoms with Gasteiger partial charge in [0.25, 0.3) is 0 Å². The van der Waals surface area contributed by atoms with Gasteiger partial charge in [-0.1, -0.05) is 29.8 Å². The van der Waals surface area contributed by atoms with E-state index in [1.54, 1.807) is 11.8 Å². The molecule has 1 aliphatic heterocycles. The first-order valence-electron chi connectivity index (χ1n) is 8.75. The average Bonchev–Trinajstić information content (AvgIpc) is 3.33. The quantitative estimate of drug-likeness (QED) is 0.854. The largest absolute Gasteiger partial charge is 0.480 e. The number of carboxylic acids is 1. The zero-order valence-corrected chi connectivity index (χ0v) is 14.6. The molecule has 1 aromatic rings. The van der Waals surface area contributed by atoms with E-state index in [2.05, 4.69) is 0 Å². The van der Waals surface area contributed by atoms with Crippen molar-refractivity contribution in [3.05, 3.63) is 35.4 Å². The van der Waals surface area contributed by atoms with Crippen LogP contribution in [0.5, 0.6) is 0 Å². The van der Waals surface area contributed by atoms with Crippen molar-refractivity contribution in [1.29, 1.82) is 0 Å². The van der Waals surface area contributed by atoms with E-state index in [4.69, 9.17) is 0 Å². The Morgan fingerprint density at radius 2 is 1.92 bits per heavy atom. The van der Waals surface area contributed by atoms with Gasteiger partial charge in [-0.2, -0.15) is 0 Å². The van der Waals surface area contributed by atoms with Crippen molar-refractivity contribution in [2.45, 2.75) is 51.7 Å². The first-order valence-corrected chi connectivity index (χ1v) is 8.75. The van der Waals surface area contributed by atoms with Crippen LogP contribution >= 0.6 is 0 Å². The zero-order valence-electron chi connectivity index (χ0n) is 14.6. The molecular weight excluding hydrogens is 320 g/mol. The number of aryl methyl sites for hydroxylation is 1. The van der Waals surface area contributed by atoms with Crippen LogP contribution in [-0.4, -0.2) is 51.3 Å². The van der Waals surface area contributed by atoms with Gasteiger partial charge in [-0.3, -0.25) is 9.59 Å². The summed E-state index contributed by atoms with van der Waals surface area (Å²) in [7, 11) is 0. The number of carbonyl (C=O) groups excluding carboxylic acids is 2.